The van der Waals surface area contributed by atoms with Crippen molar-refractivity contribution >= 4 is 23.4 Å². The van der Waals surface area contributed by atoms with Crippen LogP contribution in [0.2, 0.25) is 5.02 Å². The van der Waals surface area contributed by atoms with E-state index in [0.717, 1.165) is 16.8 Å². The Bertz CT molecular complexity index is 1470. The molecule has 39 heavy (non-hydrogen) atoms. The highest BCUT2D eigenvalue weighted by molar-refractivity contribution is 6.31. The quantitative estimate of drug-likeness (QED) is 0.478. The zero-order chi connectivity index (χ0) is 27.8. The van der Waals surface area contributed by atoms with Gasteiger partial charge in [-0.2, -0.15) is 19.1 Å². The Morgan fingerprint density at radius 3 is 2.62 bits per heavy atom. The molecule has 2 aliphatic rings. The monoisotopic (exact) mass is 554 g/mol. The number of alkyl halides is 2. The van der Waals surface area contributed by atoms with E-state index in [2.05, 4.69) is 27.7 Å². The minimum absolute atomic E-state index is 0.00546. The van der Waals surface area contributed by atoms with Crippen molar-refractivity contribution in [1.29, 1.82) is 5.26 Å². The molecule has 0 aliphatic carbocycles. The molecule has 5 rings (SSSR count). The van der Waals surface area contributed by atoms with Crippen LogP contribution in [0.15, 0.2) is 42.5 Å². The van der Waals surface area contributed by atoms with Gasteiger partial charge in [-0.3, -0.25) is 19.2 Å². The number of rotatable bonds is 7. The maximum atomic E-state index is 13.8. The van der Waals surface area contributed by atoms with Gasteiger partial charge >= 0.3 is 6.61 Å². The van der Waals surface area contributed by atoms with Crippen molar-refractivity contribution in [2.45, 2.75) is 58.2 Å². The average molecular weight is 555 g/mol. The summed E-state index contributed by atoms with van der Waals surface area (Å²) >= 11 is 6.09. The van der Waals surface area contributed by atoms with Gasteiger partial charge in [-0.15, -0.1) is 0 Å². The van der Waals surface area contributed by atoms with E-state index in [1.54, 1.807) is 28.9 Å². The van der Waals surface area contributed by atoms with E-state index in [1.807, 2.05) is 6.07 Å². The van der Waals surface area contributed by atoms with E-state index in [4.69, 9.17) is 17.3 Å². The lowest BCUT2D eigenvalue weighted by Gasteiger charge is -2.36. The Morgan fingerprint density at radius 1 is 1.23 bits per heavy atom. The molecule has 2 aliphatic heterocycles. The molecule has 2 amide bonds. The number of amides is 2. The predicted molar refractivity (Wildman–Crippen MR) is 137 cm³/mol. The van der Waals surface area contributed by atoms with Crippen molar-refractivity contribution in [2.24, 2.45) is 5.73 Å². The zero-order valence-electron chi connectivity index (χ0n) is 21.0. The van der Waals surface area contributed by atoms with Crippen LogP contribution in [0.4, 0.5) is 8.78 Å². The third kappa shape index (κ3) is 5.30. The Kier molecular flexibility index (Phi) is 7.25. The van der Waals surface area contributed by atoms with Crippen LogP contribution in [0.25, 0.3) is 0 Å². The van der Waals surface area contributed by atoms with Gasteiger partial charge in [0, 0.05) is 37.7 Å². The average Bonchev–Trinajstić information content (AvgIpc) is 3.24. The second-order valence-electron chi connectivity index (χ2n) is 9.71. The van der Waals surface area contributed by atoms with Gasteiger partial charge in [0.15, 0.2) is 0 Å². The van der Waals surface area contributed by atoms with Crippen molar-refractivity contribution in [1.82, 2.24) is 19.6 Å². The number of ether oxygens (including phenoxy) is 1. The molecule has 2 aromatic carbocycles. The third-order valence-electron chi connectivity index (χ3n) is 7.16. The fourth-order valence-corrected chi connectivity index (χ4v) is 5.32. The molecule has 0 saturated carbocycles. The van der Waals surface area contributed by atoms with Crippen molar-refractivity contribution in [3.63, 3.8) is 0 Å². The number of hydrogen-bond donors (Lipinski definition) is 1. The lowest BCUT2D eigenvalue weighted by molar-refractivity contribution is -0.123. The fourth-order valence-electron chi connectivity index (χ4n) is 5.16. The molecule has 1 aromatic heterocycles. The van der Waals surface area contributed by atoms with Crippen molar-refractivity contribution in [3.8, 4) is 11.8 Å². The molecule has 12 heteroatoms. The van der Waals surface area contributed by atoms with Crippen LogP contribution >= 0.6 is 11.6 Å². The normalized spacial score (nSPS) is 19.0. The van der Waals surface area contributed by atoms with E-state index >= 15 is 0 Å². The smallest absolute Gasteiger partial charge is 0.387 e. The second-order valence-corrected chi connectivity index (χ2v) is 10.1. The van der Waals surface area contributed by atoms with Gasteiger partial charge in [-0.25, -0.2) is 0 Å². The molecule has 9 nitrogen and oxygen atoms in total. The van der Waals surface area contributed by atoms with E-state index < -0.39 is 18.6 Å². The molecule has 0 radical (unpaired) electrons. The van der Waals surface area contributed by atoms with E-state index in [0.29, 0.717) is 41.4 Å². The van der Waals surface area contributed by atoms with Crippen LogP contribution in [0.1, 0.15) is 45.4 Å². The topological polar surface area (TPSA) is 117 Å². The van der Waals surface area contributed by atoms with Crippen molar-refractivity contribution in [2.75, 3.05) is 0 Å². The number of carbonyl (C=O) groups excluding carboxylic acids is 2. The zero-order valence-corrected chi connectivity index (χ0v) is 21.7. The number of carbonyl (C=O) groups is 2. The largest absolute Gasteiger partial charge is 0.435 e. The number of halogens is 3. The van der Waals surface area contributed by atoms with Gasteiger partial charge in [0.2, 0.25) is 5.91 Å². The summed E-state index contributed by atoms with van der Waals surface area (Å²) in [6, 6.07) is 12.5. The first-order chi connectivity index (χ1) is 18.6. The van der Waals surface area contributed by atoms with E-state index in [1.165, 1.54) is 17.0 Å². The molecule has 0 fully saturated rings. The van der Waals surface area contributed by atoms with Gasteiger partial charge in [0.1, 0.15) is 23.6 Å². The number of nitriles is 1. The summed E-state index contributed by atoms with van der Waals surface area (Å²) in [4.78, 5) is 29.8. The van der Waals surface area contributed by atoms with Gasteiger partial charge in [-0.1, -0.05) is 29.8 Å². The molecule has 2 atom stereocenters. The number of benzene rings is 2. The number of nitrogens with two attached hydrogens (primary N) is 1. The SMILES string of the molecule is C[C@@H]1Cc2nn3c(c2CN1Cc1ccc(Cl)c(C#N)c1)C(=O)N(Cc1ccc(OC(F)F)cc1)C(C(N)=O)C3. The van der Waals surface area contributed by atoms with Gasteiger partial charge in [0.25, 0.3) is 5.91 Å². The Labute approximate surface area is 228 Å². The summed E-state index contributed by atoms with van der Waals surface area (Å²) < 4.78 is 31.0. The Morgan fingerprint density at radius 2 is 1.95 bits per heavy atom. The van der Waals surface area contributed by atoms with Crippen LogP contribution in [-0.2, 0) is 37.4 Å². The summed E-state index contributed by atoms with van der Waals surface area (Å²) in [6.45, 7) is 0.309. The highest BCUT2D eigenvalue weighted by atomic mass is 35.5. The maximum absolute atomic E-state index is 13.8. The number of nitrogens with zero attached hydrogens (tertiary/aromatic N) is 5. The minimum Gasteiger partial charge on any atom is -0.435 e. The molecule has 3 aromatic rings. The third-order valence-corrected chi connectivity index (χ3v) is 7.49. The summed E-state index contributed by atoms with van der Waals surface area (Å²) in [7, 11) is 0. The summed E-state index contributed by atoms with van der Waals surface area (Å²) in [5.41, 5.74) is 9.64. The second kappa shape index (κ2) is 10.6. The van der Waals surface area contributed by atoms with Crippen LogP contribution < -0.4 is 10.5 Å². The van der Waals surface area contributed by atoms with Crippen LogP contribution in [0.5, 0.6) is 5.75 Å². The molecule has 3 heterocycles. The Balaban J connectivity index is 1.41. The standard InChI is InChI=1S/C27H25ClF2N6O3/c1-15-8-22-20(13-34(15)11-17-4-7-21(28)18(9-17)10-31)24-26(38)35(23(25(32)37)14-36(24)33-22)12-16-2-5-19(6-3-16)39-27(29)30/h2-7,9,15,23,27H,8,11-14H2,1H3,(H2,32,37)/t15-,23?/m1/s1. The maximum Gasteiger partial charge on any atom is 0.387 e. The van der Waals surface area contributed by atoms with Gasteiger partial charge in [0.05, 0.1) is 22.8 Å². The van der Waals surface area contributed by atoms with Crippen molar-refractivity contribution in [3.05, 3.63) is 81.1 Å². The summed E-state index contributed by atoms with van der Waals surface area (Å²) in [6.07, 6.45) is 0.605. The Hall–Kier alpha value is -4.01. The molecule has 2 N–H and O–H groups in total. The first-order valence-electron chi connectivity index (χ1n) is 12.3. The molecule has 202 valence electrons. The summed E-state index contributed by atoms with van der Waals surface area (Å²) in [5, 5.41) is 14.4. The van der Waals surface area contributed by atoms with Crippen LogP contribution in [0, 0.1) is 11.3 Å². The molecular weight excluding hydrogens is 530 g/mol. The highest BCUT2D eigenvalue weighted by Crippen LogP contribution is 2.32. The summed E-state index contributed by atoms with van der Waals surface area (Å²) in [5.74, 6) is -1.04. The lowest BCUT2D eigenvalue weighted by atomic mass is 9.97. The lowest BCUT2D eigenvalue weighted by Crippen LogP contribution is -2.54. The van der Waals surface area contributed by atoms with E-state index in [-0.39, 0.29) is 30.8 Å². The highest BCUT2D eigenvalue weighted by Gasteiger charge is 2.41. The molecule has 1 unspecified atom stereocenters. The number of hydrogen-bond acceptors (Lipinski definition) is 6. The fraction of sp³-hybridized carbons (Fsp3) is 0.333. The molecular formula is C27H25ClF2N6O3. The van der Waals surface area contributed by atoms with Crippen molar-refractivity contribution < 1.29 is 23.1 Å². The van der Waals surface area contributed by atoms with Crippen LogP contribution in [-0.4, -0.2) is 50.1 Å². The first kappa shape index (κ1) is 26.6. The van der Waals surface area contributed by atoms with Crippen LogP contribution in [0.3, 0.4) is 0 Å². The first-order valence-corrected chi connectivity index (χ1v) is 12.7. The number of fused-ring (bicyclic) bond motifs is 3. The molecule has 0 saturated heterocycles. The van der Waals surface area contributed by atoms with E-state index in [9.17, 15) is 23.6 Å². The molecule has 0 bridgehead atoms. The predicted octanol–water partition coefficient (Wildman–Crippen LogP) is 3.47. The minimum atomic E-state index is -2.94. The van der Waals surface area contributed by atoms with Gasteiger partial charge < -0.3 is 15.4 Å². The number of aromatic nitrogens is 2. The van der Waals surface area contributed by atoms with Gasteiger partial charge in [-0.05, 0) is 42.3 Å². The molecule has 0 spiro atoms. The number of primary amides is 1.